The molecular weight excluding hydrogens is 506 g/mol. The zero-order valence-corrected chi connectivity index (χ0v) is 23.5. The van der Waals surface area contributed by atoms with Gasteiger partial charge in [-0.15, -0.1) is 0 Å². The lowest BCUT2D eigenvalue weighted by Gasteiger charge is -2.39. The average Bonchev–Trinajstić information content (AvgIpc) is 3.49. The molecule has 0 bridgehead atoms. The van der Waals surface area contributed by atoms with Crippen LogP contribution in [-0.4, -0.2) is 48.1 Å². The van der Waals surface area contributed by atoms with E-state index in [0.29, 0.717) is 49.8 Å². The second-order valence-corrected chi connectivity index (χ2v) is 10.1. The molecule has 3 heterocycles. The zero-order valence-electron chi connectivity index (χ0n) is 23.5. The number of ether oxygens (including phenoxy) is 3. The maximum Gasteiger partial charge on any atom is 0.223 e. The van der Waals surface area contributed by atoms with Gasteiger partial charge in [0.1, 0.15) is 6.26 Å². The number of fused-ring (bicyclic) bond motifs is 1. The second-order valence-electron chi connectivity index (χ2n) is 10.1. The molecule has 2 aromatic carbocycles. The number of carbonyl (C=O) groups excluding carboxylic acids is 1. The summed E-state index contributed by atoms with van der Waals surface area (Å²) in [7, 11) is 3.27. The predicted molar refractivity (Wildman–Crippen MR) is 151 cm³/mol. The number of pyridine rings is 1. The molecule has 0 aliphatic carbocycles. The van der Waals surface area contributed by atoms with Crippen molar-refractivity contribution in [3.8, 4) is 17.4 Å². The number of aryl methyl sites for hydroxylation is 3. The monoisotopic (exact) mass is 541 g/mol. The average molecular weight is 542 g/mol. The first kappa shape index (κ1) is 27.2. The first-order valence-corrected chi connectivity index (χ1v) is 13.5. The van der Waals surface area contributed by atoms with Crippen molar-refractivity contribution in [3.63, 3.8) is 0 Å². The molecule has 0 saturated heterocycles. The Morgan fingerprint density at radius 2 is 1.90 bits per heavy atom. The Labute approximate surface area is 234 Å². The van der Waals surface area contributed by atoms with Crippen molar-refractivity contribution < 1.29 is 23.4 Å². The molecule has 4 aromatic rings. The van der Waals surface area contributed by atoms with E-state index in [9.17, 15) is 4.79 Å². The molecule has 1 amide bonds. The number of amides is 1. The highest BCUT2D eigenvalue weighted by atomic mass is 16.5. The summed E-state index contributed by atoms with van der Waals surface area (Å²) in [6.45, 7) is 5.23. The van der Waals surface area contributed by atoms with Gasteiger partial charge in [0.15, 0.2) is 17.9 Å². The summed E-state index contributed by atoms with van der Waals surface area (Å²) < 4.78 is 22.5. The molecule has 0 saturated carbocycles. The standard InChI is InChI=1S/C32H35N3O5/c1-21-7-9-26(22(2)16-21)31-27-18-29(40-15-12-23-6-5-13-33-32(23)38-4)28(37-3)17-24(27)11-14-35(31)30(36)10-8-25-19-39-20-34-25/h5-7,9,13,16-20,31H,8,10-12,14-15H2,1-4H3. The summed E-state index contributed by atoms with van der Waals surface area (Å²) in [6, 6.07) is 14.2. The van der Waals surface area contributed by atoms with Crippen LogP contribution in [0.25, 0.3) is 0 Å². The Bertz CT molecular complexity index is 1470. The molecule has 1 aliphatic heterocycles. The van der Waals surface area contributed by atoms with E-state index in [1.807, 2.05) is 17.0 Å². The van der Waals surface area contributed by atoms with Gasteiger partial charge in [-0.3, -0.25) is 4.79 Å². The van der Waals surface area contributed by atoms with Crippen LogP contribution in [-0.2, 0) is 24.1 Å². The SMILES string of the molecule is COc1cc2c(cc1OCCc1cccnc1OC)C(c1ccc(C)cc1C)N(C(=O)CCc1cocn1)CC2. The summed E-state index contributed by atoms with van der Waals surface area (Å²) in [5, 5.41) is 0. The second kappa shape index (κ2) is 12.2. The maximum absolute atomic E-state index is 13.7. The van der Waals surface area contributed by atoms with Crippen molar-refractivity contribution in [3.05, 3.63) is 100 Å². The van der Waals surface area contributed by atoms with Crippen LogP contribution in [0.1, 0.15) is 51.5 Å². The third-order valence-corrected chi connectivity index (χ3v) is 7.44. The van der Waals surface area contributed by atoms with Gasteiger partial charge in [-0.25, -0.2) is 9.97 Å². The number of hydrogen-bond acceptors (Lipinski definition) is 7. The van der Waals surface area contributed by atoms with Crippen LogP contribution in [0.5, 0.6) is 17.4 Å². The lowest BCUT2D eigenvalue weighted by molar-refractivity contribution is -0.133. The minimum atomic E-state index is -0.235. The van der Waals surface area contributed by atoms with Crippen LogP contribution in [0, 0.1) is 13.8 Å². The summed E-state index contributed by atoms with van der Waals surface area (Å²) in [4.78, 5) is 24.1. The number of aromatic nitrogens is 2. The first-order chi connectivity index (χ1) is 19.5. The molecule has 40 heavy (non-hydrogen) atoms. The third-order valence-electron chi connectivity index (χ3n) is 7.44. The van der Waals surface area contributed by atoms with Gasteiger partial charge < -0.3 is 23.5 Å². The first-order valence-electron chi connectivity index (χ1n) is 13.5. The molecule has 1 atom stereocenters. The number of oxazole rings is 1. The summed E-state index contributed by atoms with van der Waals surface area (Å²) >= 11 is 0. The number of nitrogens with zero attached hydrogens (tertiary/aromatic N) is 3. The Morgan fingerprint density at radius 3 is 2.65 bits per heavy atom. The van der Waals surface area contributed by atoms with Crippen LogP contribution in [0.2, 0.25) is 0 Å². The van der Waals surface area contributed by atoms with E-state index >= 15 is 0 Å². The molecule has 1 aliphatic rings. The van der Waals surface area contributed by atoms with E-state index in [2.05, 4.69) is 54.1 Å². The van der Waals surface area contributed by atoms with Gasteiger partial charge in [0.25, 0.3) is 0 Å². The molecular formula is C32H35N3O5. The largest absolute Gasteiger partial charge is 0.493 e. The molecule has 5 rings (SSSR count). The molecule has 0 radical (unpaired) electrons. The molecule has 2 aromatic heterocycles. The molecule has 1 unspecified atom stereocenters. The summed E-state index contributed by atoms with van der Waals surface area (Å²) in [5.41, 5.74) is 7.40. The van der Waals surface area contributed by atoms with Crippen LogP contribution in [0.4, 0.5) is 0 Å². The highest BCUT2D eigenvalue weighted by Crippen LogP contribution is 2.42. The van der Waals surface area contributed by atoms with Crippen molar-refractivity contribution in [2.24, 2.45) is 0 Å². The predicted octanol–water partition coefficient (Wildman–Crippen LogP) is 5.43. The van der Waals surface area contributed by atoms with Gasteiger partial charge in [0, 0.05) is 37.6 Å². The van der Waals surface area contributed by atoms with Crippen LogP contribution >= 0.6 is 0 Å². The minimum Gasteiger partial charge on any atom is -0.493 e. The third kappa shape index (κ3) is 5.81. The lowest BCUT2D eigenvalue weighted by Crippen LogP contribution is -2.41. The van der Waals surface area contributed by atoms with E-state index in [1.54, 1.807) is 26.7 Å². The molecule has 0 N–H and O–H groups in total. The van der Waals surface area contributed by atoms with Gasteiger partial charge >= 0.3 is 0 Å². The number of hydrogen-bond donors (Lipinski definition) is 0. The highest BCUT2D eigenvalue weighted by Gasteiger charge is 2.34. The maximum atomic E-state index is 13.7. The van der Waals surface area contributed by atoms with E-state index < -0.39 is 0 Å². The van der Waals surface area contributed by atoms with Crippen molar-refractivity contribution in [2.75, 3.05) is 27.4 Å². The topological polar surface area (TPSA) is 86.9 Å². The van der Waals surface area contributed by atoms with Crippen LogP contribution < -0.4 is 14.2 Å². The van der Waals surface area contributed by atoms with Crippen molar-refractivity contribution in [1.29, 1.82) is 0 Å². The number of rotatable bonds is 10. The summed E-state index contributed by atoms with van der Waals surface area (Å²) in [6.07, 6.45) is 6.96. The van der Waals surface area contributed by atoms with Crippen molar-refractivity contribution in [2.45, 2.75) is 45.6 Å². The fourth-order valence-electron chi connectivity index (χ4n) is 5.44. The van der Waals surface area contributed by atoms with Crippen LogP contribution in [0.15, 0.2) is 65.7 Å². The van der Waals surface area contributed by atoms with E-state index in [1.165, 1.54) is 12.0 Å². The van der Waals surface area contributed by atoms with Crippen molar-refractivity contribution in [1.82, 2.24) is 14.9 Å². The van der Waals surface area contributed by atoms with Gasteiger partial charge in [0.05, 0.1) is 32.6 Å². The molecule has 8 heteroatoms. The Hall–Kier alpha value is -4.33. The molecule has 0 spiro atoms. The van der Waals surface area contributed by atoms with Crippen LogP contribution in [0.3, 0.4) is 0 Å². The number of methoxy groups -OCH3 is 2. The number of carbonyl (C=O) groups is 1. The van der Waals surface area contributed by atoms with Gasteiger partial charge in [0.2, 0.25) is 11.8 Å². The zero-order chi connectivity index (χ0) is 28.1. The van der Waals surface area contributed by atoms with Gasteiger partial charge in [-0.05, 0) is 60.7 Å². The molecule has 208 valence electrons. The fourth-order valence-corrected chi connectivity index (χ4v) is 5.44. The fraction of sp³-hybridized carbons (Fsp3) is 0.344. The van der Waals surface area contributed by atoms with Gasteiger partial charge in [-0.1, -0.05) is 29.8 Å². The van der Waals surface area contributed by atoms with E-state index in [-0.39, 0.29) is 11.9 Å². The summed E-state index contributed by atoms with van der Waals surface area (Å²) in [5.74, 6) is 2.01. The Balaban J connectivity index is 1.46. The normalized spacial score (nSPS) is 14.5. The highest BCUT2D eigenvalue weighted by molar-refractivity contribution is 5.78. The van der Waals surface area contributed by atoms with E-state index in [4.69, 9.17) is 18.6 Å². The van der Waals surface area contributed by atoms with Gasteiger partial charge in [-0.2, -0.15) is 0 Å². The number of benzene rings is 2. The smallest absolute Gasteiger partial charge is 0.223 e. The lowest BCUT2D eigenvalue weighted by atomic mass is 9.85. The van der Waals surface area contributed by atoms with Crippen molar-refractivity contribution >= 4 is 5.91 Å². The quantitative estimate of drug-likeness (QED) is 0.265. The Kier molecular flexibility index (Phi) is 8.34. The Morgan fingerprint density at radius 1 is 1.02 bits per heavy atom. The minimum absolute atomic E-state index is 0.0839. The van der Waals surface area contributed by atoms with E-state index in [0.717, 1.165) is 39.9 Å². The molecule has 8 nitrogen and oxygen atoms in total. The molecule has 0 fully saturated rings.